The number of hydrogen-bond acceptors (Lipinski definition) is 6. The van der Waals surface area contributed by atoms with Gasteiger partial charge in [-0.2, -0.15) is 18.3 Å². The predicted octanol–water partition coefficient (Wildman–Crippen LogP) is 4.97. The summed E-state index contributed by atoms with van der Waals surface area (Å²) in [6, 6.07) is 2.22. The zero-order valence-electron chi connectivity index (χ0n) is 20.1. The standard InChI is InChI=1S/C24H17F8N5O3/c1-10(40-15-8-35-36-22(38)17(15)24(30,31)32)4-13(25)9-37-3-2-11-5-14(18(26)19(27)16(11)23(37)39)21-33-6-12(7-34-21)20(28)29/h2-3,5-8,10,13,20H,4,9H2,1H3,(H,36,38). The summed E-state index contributed by atoms with van der Waals surface area (Å²) in [6.45, 7) is 0.535. The van der Waals surface area contributed by atoms with Crippen LogP contribution in [0.3, 0.4) is 0 Å². The predicted molar refractivity (Wildman–Crippen MR) is 124 cm³/mol. The van der Waals surface area contributed by atoms with Gasteiger partial charge in [-0.05, 0) is 24.4 Å². The highest BCUT2D eigenvalue weighted by atomic mass is 19.4. The van der Waals surface area contributed by atoms with E-state index in [2.05, 4.69) is 15.1 Å². The Morgan fingerprint density at radius 3 is 2.35 bits per heavy atom. The number of nitrogens with zero attached hydrogens (tertiary/aromatic N) is 4. The van der Waals surface area contributed by atoms with Gasteiger partial charge in [0.05, 0.1) is 35.4 Å². The van der Waals surface area contributed by atoms with Crippen LogP contribution in [-0.4, -0.2) is 37.0 Å². The quantitative estimate of drug-likeness (QED) is 0.298. The molecule has 0 fully saturated rings. The summed E-state index contributed by atoms with van der Waals surface area (Å²) in [5.41, 5.74) is -5.34. The number of pyridine rings is 1. The van der Waals surface area contributed by atoms with Gasteiger partial charge in [-0.25, -0.2) is 37.0 Å². The van der Waals surface area contributed by atoms with Crippen LogP contribution in [0, 0.1) is 11.6 Å². The molecule has 0 aliphatic heterocycles. The van der Waals surface area contributed by atoms with Crippen LogP contribution in [0.5, 0.6) is 5.75 Å². The second-order valence-corrected chi connectivity index (χ2v) is 8.63. The number of rotatable bonds is 8. The van der Waals surface area contributed by atoms with Gasteiger partial charge in [0.2, 0.25) is 0 Å². The number of alkyl halides is 6. The molecule has 2 unspecified atom stereocenters. The summed E-state index contributed by atoms with van der Waals surface area (Å²) < 4.78 is 115. The monoisotopic (exact) mass is 575 g/mol. The second kappa shape index (κ2) is 11.0. The maximum Gasteiger partial charge on any atom is 0.425 e. The Bertz CT molecular complexity index is 1650. The van der Waals surface area contributed by atoms with Crippen molar-refractivity contribution in [3.63, 3.8) is 0 Å². The first kappa shape index (κ1) is 28.6. The third-order valence-electron chi connectivity index (χ3n) is 5.73. The van der Waals surface area contributed by atoms with Crippen molar-refractivity contribution in [3.05, 3.63) is 80.4 Å². The van der Waals surface area contributed by atoms with Gasteiger partial charge in [-0.3, -0.25) is 9.59 Å². The smallest absolute Gasteiger partial charge is 0.425 e. The summed E-state index contributed by atoms with van der Waals surface area (Å²) in [6.07, 6.45) is -8.41. The van der Waals surface area contributed by atoms with E-state index in [1.807, 2.05) is 0 Å². The van der Waals surface area contributed by atoms with Crippen LogP contribution in [0.25, 0.3) is 22.2 Å². The molecular formula is C24H17F8N5O3. The van der Waals surface area contributed by atoms with Crippen LogP contribution < -0.4 is 15.9 Å². The van der Waals surface area contributed by atoms with Gasteiger partial charge >= 0.3 is 6.18 Å². The molecule has 3 aromatic heterocycles. The zero-order valence-corrected chi connectivity index (χ0v) is 20.1. The first-order valence-corrected chi connectivity index (χ1v) is 11.3. The number of ether oxygens (including phenoxy) is 1. The summed E-state index contributed by atoms with van der Waals surface area (Å²) in [5, 5.41) is 4.04. The number of aromatic nitrogens is 5. The van der Waals surface area contributed by atoms with E-state index in [0.29, 0.717) is 6.20 Å². The molecule has 0 saturated heterocycles. The number of aromatic amines is 1. The van der Waals surface area contributed by atoms with E-state index in [1.54, 1.807) is 5.10 Å². The highest BCUT2D eigenvalue weighted by Crippen LogP contribution is 2.33. The lowest BCUT2D eigenvalue weighted by Gasteiger charge is -2.19. The SMILES string of the molecule is CC(CC(F)Cn1ccc2cc(-c3ncc(C(F)F)cn3)c(F)c(F)c2c1=O)Oc1cn[nH]c(=O)c1C(F)(F)F. The van der Waals surface area contributed by atoms with E-state index in [4.69, 9.17) is 4.74 Å². The lowest BCUT2D eigenvalue weighted by Crippen LogP contribution is -2.29. The Kier molecular flexibility index (Phi) is 7.88. The zero-order chi connectivity index (χ0) is 29.4. The summed E-state index contributed by atoms with van der Waals surface area (Å²) in [5.74, 6) is -4.45. The van der Waals surface area contributed by atoms with E-state index in [9.17, 15) is 44.7 Å². The van der Waals surface area contributed by atoms with Crippen molar-refractivity contribution in [2.75, 3.05) is 0 Å². The molecule has 4 rings (SSSR count). The van der Waals surface area contributed by atoms with Crippen LogP contribution in [0.15, 0.2) is 46.5 Å². The molecule has 0 saturated carbocycles. The molecule has 40 heavy (non-hydrogen) atoms. The topological polar surface area (TPSA) is 103 Å². The molecule has 0 spiro atoms. The van der Waals surface area contributed by atoms with Crippen LogP contribution in [0.4, 0.5) is 35.1 Å². The van der Waals surface area contributed by atoms with Gasteiger partial charge in [0.15, 0.2) is 28.8 Å². The Morgan fingerprint density at radius 1 is 1.05 bits per heavy atom. The molecule has 3 heterocycles. The lowest BCUT2D eigenvalue weighted by molar-refractivity contribution is -0.140. The number of benzene rings is 1. The van der Waals surface area contributed by atoms with Crippen molar-refractivity contribution in [2.45, 2.75) is 44.8 Å². The van der Waals surface area contributed by atoms with Crippen molar-refractivity contribution in [2.24, 2.45) is 0 Å². The van der Waals surface area contributed by atoms with Crippen molar-refractivity contribution in [3.8, 4) is 17.1 Å². The molecule has 0 radical (unpaired) electrons. The average Bonchev–Trinajstić information content (AvgIpc) is 2.86. The number of H-pyrrole nitrogens is 1. The molecule has 4 aromatic rings. The summed E-state index contributed by atoms with van der Waals surface area (Å²) >= 11 is 0. The van der Waals surface area contributed by atoms with Crippen molar-refractivity contribution in [1.82, 2.24) is 24.7 Å². The molecule has 16 heteroatoms. The maximum absolute atomic E-state index is 14.9. The third-order valence-corrected chi connectivity index (χ3v) is 5.73. The minimum absolute atomic E-state index is 0.106. The van der Waals surface area contributed by atoms with E-state index >= 15 is 0 Å². The molecule has 8 nitrogen and oxygen atoms in total. The van der Waals surface area contributed by atoms with E-state index in [-0.39, 0.29) is 5.39 Å². The van der Waals surface area contributed by atoms with Crippen LogP contribution in [-0.2, 0) is 12.7 Å². The molecule has 212 valence electrons. The average molecular weight is 575 g/mol. The van der Waals surface area contributed by atoms with Crippen LogP contribution >= 0.6 is 0 Å². The molecule has 0 aliphatic carbocycles. The summed E-state index contributed by atoms with van der Waals surface area (Å²) in [4.78, 5) is 31.6. The molecule has 0 bridgehead atoms. The largest absolute Gasteiger partial charge is 0.488 e. The highest BCUT2D eigenvalue weighted by molar-refractivity contribution is 5.86. The molecule has 2 atom stereocenters. The molecule has 0 amide bonds. The summed E-state index contributed by atoms with van der Waals surface area (Å²) in [7, 11) is 0. The van der Waals surface area contributed by atoms with Crippen molar-refractivity contribution >= 4 is 10.8 Å². The number of nitrogens with one attached hydrogen (secondary N) is 1. The van der Waals surface area contributed by atoms with Gasteiger partial charge in [-0.15, -0.1) is 0 Å². The van der Waals surface area contributed by atoms with E-state index in [0.717, 1.165) is 29.2 Å². The van der Waals surface area contributed by atoms with E-state index < -0.39 is 94.2 Å². The number of fused-ring (bicyclic) bond motifs is 1. The van der Waals surface area contributed by atoms with E-state index in [1.165, 1.54) is 13.0 Å². The minimum Gasteiger partial charge on any atom is -0.488 e. The lowest BCUT2D eigenvalue weighted by atomic mass is 10.1. The molecular weight excluding hydrogens is 558 g/mol. The Labute approximate surface area is 218 Å². The van der Waals surface area contributed by atoms with Gasteiger partial charge in [0.25, 0.3) is 17.5 Å². The normalized spacial score (nSPS) is 13.6. The molecule has 1 N–H and O–H groups in total. The molecule has 1 aromatic carbocycles. The van der Waals surface area contributed by atoms with Crippen molar-refractivity contribution < 1.29 is 39.9 Å². The second-order valence-electron chi connectivity index (χ2n) is 8.63. The van der Waals surface area contributed by atoms with Crippen LogP contribution in [0.1, 0.15) is 30.9 Å². The van der Waals surface area contributed by atoms with Gasteiger partial charge < -0.3 is 9.30 Å². The highest BCUT2D eigenvalue weighted by Gasteiger charge is 2.38. The van der Waals surface area contributed by atoms with Crippen molar-refractivity contribution in [1.29, 1.82) is 0 Å². The minimum atomic E-state index is -5.07. The van der Waals surface area contributed by atoms with Gasteiger partial charge in [-0.1, -0.05) is 0 Å². The Hall–Kier alpha value is -4.37. The first-order valence-electron chi connectivity index (χ1n) is 11.3. The first-order chi connectivity index (χ1) is 18.8. The fraction of sp³-hybridized carbons (Fsp3) is 0.292. The Balaban J connectivity index is 1.55. The maximum atomic E-state index is 14.9. The molecule has 0 aliphatic rings. The fourth-order valence-corrected chi connectivity index (χ4v) is 3.93. The van der Waals surface area contributed by atoms with Gasteiger partial charge in [0.1, 0.15) is 6.17 Å². The number of hydrogen-bond donors (Lipinski definition) is 1. The number of halogens is 8. The van der Waals surface area contributed by atoms with Gasteiger partial charge in [0, 0.05) is 25.0 Å². The Morgan fingerprint density at radius 2 is 1.73 bits per heavy atom. The van der Waals surface area contributed by atoms with Crippen LogP contribution in [0.2, 0.25) is 0 Å². The fourth-order valence-electron chi connectivity index (χ4n) is 3.93. The third kappa shape index (κ3) is 5.79.